The van der Waals surface area contributed by atoms with Crippen LogP contribution in [0.3, 0.4) is 0 Å². The quantitative estimate of drug-likeness (QED) is 0.714. The van der Waals surface area contributed by atoms with Crippen LogP contribution in [0.15, 0.2) is 18.2 Å². The number of benzene rings is 1. The summed E-state index contributed by atoms with van der Waals surface area (Å²) in [5.41, 5.74) is -3.65. The van der Waals surface area contributed by atoms with Gasteiger partial charge in [0.05, 0.1) is 29.9 Å². The smallest absolute Gasteiger partial charge is 0.375 e. The van der Waals surface area contributed by atoms with E-state index in [0.29, 0.717) is 12.1 Å². The molecule has 1 fully saturated rings. The molecule has 2 rings (SSSR count). The molecule has 0 bridgehead atoms. The number of ether oxygens (including phenoxy) is 1. The monoisotopic (exact) mass is 355 g/mol. The van der Waals surface area contributed by atoms with Crippen molar-refractivity contribution < 1.29 is 35.9 Å². The molecule has 24 heavy (non-hydrogen) atoms. The number of rotatable bonds is 1. The van der Waals surface area contributed by atoms with Gasteiger partial charge in [-0.15, -0.1) is 0 Å². The van der Waals surface area contributed by atoms with Gasteiger partial charge in [0.2, 0.25) is 0 Å². The topological polar surface area (TPSA) is 29.5 Å². The summed E-state index contributed by atoms with van der Waals surface area (Å²) >= 11 is 0. The summed E-state index contributed by atoms with van der Waals surface area (Å²) in [5, 5.41) is 0. The van der Waals surface area contributed by atoms with Gasteiger partial charge >= 0.3 is 12.4 Å². The summed E-state index contributed by atoms with van der Waals surface area (Å²) in [7, 11) is 0. The minimum absolute atomic E-state index is 0.00213. The number of carbonyl (C=O) groups is 1. The van der Waals surface area contributed by atoms with Crippen molar-refractivity contribution in [2.75, 3.05) is 13.2 Å². The van der Waals surface area contributed by atoms with Gasteiger partial charge in [-0.3, -0.25) is 4.79 Å². The van der Waals surface area contributed by atoms with Gasteiger partial charge in [-0.05, 0) is 32.0 Å². The zero-order valence-corrected chi connectivity index (χ0v) is 12.8. The first-order valence-electron chi connectivity index (χ1n) is 7.11. The summed E-state index contributed by atoms with van der Waals surface area (Å²) in [6.45, 7) is 3.54. The molecular formula is C15H15F6NO2. The van der Waals surface area contributed by atoms with Crippen LogP contribution in [0.5, 0.6) is 0 Å². The van der Waals surface area contributed by atoms with Crippen LogP contribution in [-0.2, 0) is 17.1 Å². The van der Waals surface area contributed by atoms with Gasteiger partial charge in [-0.25, -0.2) is 0 Å². The Morgan fingerprint density at radius 1 is 1.04 bits per heavy atom. The van der Waals surface area contributed by atoms with Crippen molar-refractivity contribution in [3.05, 3.63) is 34.9 Å². The average molecular weight is 355 g/mol. The molecule has 0 aliphatic carbocycles. The molecule has 2 unspecified atom stereocenters. The summed E-state index contributed by atoms with van der Waals surface area (Å²) in [5.74, 6) is -0.880. The molecule has 0 N–H and O–H groups in total. The number of hydrogen-bond acceptors (Lipinski definition) is 2. The Balaban J connectivity index is 2.46. The van der Waals surface area contributed by atoms with Gasteiger partial charge in [0, 0.05) is 12.1 Å². The molecule has 1 aromatic rings. The summed E-state index contributed by atoms with van der Waals surface area (Å²) in [4.78, 5) is 13.7. The Kier molecular flexibility index (Phi) is 4.85. The lowest BCUT2D eigenvalue weighted by atomic mass is 10.0. The fourth-order valence-corrected chi connectivity index (χ4v) is 2.43. The molecular weight excluding hydrogens is 340 g/mol. The number of hydrogen-bond donors (Lipinski definition) is 0. The summed E-state index contributed by atoms with van der Waals surface area (Å²) in [6, 6.07) is 0.453. The normalized spacial score (nSPS) is 22.6. The van der Waals surface area contributed by atoms with Crippen molar-refractivity contribution in [2.45, 2.75) is 38.3 Å². The van der Waals surface area contributed by atoms with Gasteiger partial charge in [0.1, 0.15) is 0 Å². The predicted molar refractivity (Wildman–Crippen MR) is 72.4 cm³/mol. The van der Waals surface area contributed by atoms with Gasteiger partial charge in [-0.2, -0.15) is 26.3 Å². The van der Waals surface area contributed by atoms with Crippen molar-refractivity contribution in [1.82, 2.24) is 4.90 Å². The van der Waals surface area contributed by atoms with Crippen LogP contribution in [0.2, 0.25) is 0 Å². The Bertz CT molecular complexity index is 593. The minimum Gasteiger partial charge on any atom is -0.375 e. The van der Waals surface area contributed by atoms with Crippen molar-refractivity contribution in [3.8, 4) is 0 Å². The number of morpholine rings is 1. The number of nitrogens with zero attached hydrogens (tertiary/aromatic N) is 1. The lowest BCUT2D eigenvalue weighted by Gasteiger charge is -2.37. The molecule has 9 heteroatoms. The Hall–Kier alpha value is -1.77. The zero-order chi connectivity index (χ0) is 18.3. The maximum absolute atomic E-state index is 12.9. The minimum atomic E-state index is -4.99. The molecule has 1 saturated heterocycles. The number of amides is 1. The van der Waals surface area contributed by atoms with Crippen LogP contribution in [0.4, 0.5) is 26.3 Å². The van der Waals surface area contributed by atoms with Crippen molar-refractivity contribution in [3.63, 3.8) is 0 Å². The first kappa shape index (κ1) is 18.6. The molecule has 0 aromatic heterocycles. The largest absolute Gasteiger partial charge is 0.416 e. The molecule has 0 spiro atoms. The van der Waals surface area contributed by atoms with E-state index in [1.54, 1.807) is 13.8 Å². The molecule has 0 radical (unpaired) electrons. The van der Waals surface area contributed by atoms with Crippen LogP contribution in [0.25, 0.3) is 0 Å². The number of halogens is 6. The standard InChI is InChI=1S/C15H15F6NO2/c1-8-7-24-9(2)6-22(8)13(23)10-3-11(14(16,17)18)5-12(4-10)15(19,20)21/h3-5,8-9H,6-7H2,1-2H3. The summed E-state index contributed by atoms with van der Waals surface area (Å²) < 4.78 is 82.5. The molecule has 0 saturated carbocycles. The van der Waals surface area contributed by atoms with E-state index in [4.69, 9.17) is 4.74 Å². The second-order valence-electron chi connectivity index (χ2n) is 5.75. The number of alkyl halides is 6. The van der Waals surface area contributed by atoms with Gasteiger partial charge in [0.15, 0.2) is 0 Å². The van der Waals surface area contributed by atoms with E-state index < -0.39 is 41.0 Å². The van der Waals surface area contributed by atoms with Crippen LogP contribution in [0, 0.1) is 0 Å². The van der Waals surface area contributed by atoms with Crippen LogP contribution < -0.4 is 0 Å². The van der Waals surface area contributed by atoms with Gasteiger partial charge in [-0.1, -0.05) is 0 Å². The first-order chi connectivity index (χ1) is 10.9. The van der Waals surface area contributed by atoms with E-state index in [0.717, 1.165) is 0 Å². The SMILES string of the molecule is CC1CN(C(=O)c2cc(C(F)(F)F)cc(C(F)(F)F)c2)C(C)CO1. The van der Waals surface area contributed by atoms with Crippen LogP contribution in [0.1, 0.15) is 35.3 Å². The van der Waals surface area contributed by atoms with E-state index >= 15 is 0 Å². The highest BCUT2D eigenvalue weighted by Gasteiger charge is 2.38. The average Bonchev–Trinajstić information content (AvgIpc) is 2.46. The van der Waals surface area contributed by atoms with E-state index in [9.17, 15) is 31.1 Å². The lowest BCUT2D eigenvalue weighted by Crippen LogP contribution is -2.50. The maximum atomic E-state index is 12.9. The predicted octanol–water partition coefficient (Wildman–Crippen LogP) is 3.97. The highest BCUT2D eigenvalue weighted by atomic mass is 19.4. The molecule has 1 aliphatic heterocycles. The molecule has 3 nitrogen and oxygen atoms in total. The molecule has 1 amide bonds. The molecule has 1 aliphatic rings. The van der Waals surface area contributed by atoms with Crippen molar-refractivity contribution >= 4 is 5.91 Å². The molecule has 1 heterocycles. The third kappa shape index (κ3) is 4.00. The van der Waals surface area contributed by atoms with E-state index in [1.807, 2.05) is 0 Å². The fraction of sp³-hybridized carbons (Fsp3) is 0.533. The van der Waals surface area contributed by atoms with E-state index in [-0.39, 0.29) is 25.3 Å². The van der Waals surface area contributed by atoms with Crippen LogP contribution >= 0.6 is 0 Å². The highest BCUT2D eigenvalue weighted by Crippen LogP contribution is 2.36. The van der Waals surface area contributed by atoms with Gasteiger partial charge in [0.25, 0.3) is 5.91 Å². The third-order valence-corrected chi connectivity index (χ3v) is 3.70. The second kappa shape index (κ2) is 6.27. The van der Waals surface area contributed by atoms with E-state index in [2.05, 4.69) is 0 Å². The van der Waals surface area contributed by atoms with Crippen LogP contribution in [-0.4, -0.2) is 36.1 Å². The van der Waals surface area contributed by atoms with Gasteiger partial charge < -0.3 is 9.64 Å². The van der Waals surface area contributed by atoms with Crippen molar-refractivity contribution in [1.29, 1.82) is 0 Å². The number of carbonyl (C=O) groups excluding carboxylic acids is 1. The molecule has 1 aromatic carbocycles. The summed E-state index contributed by atoms with van der Waals surface area (Å²) in [6.07, 6.45) is -10.3. The second-order valence-corrected chi connectivity index (χ2v) is 5.75. The molecule has 134 valence electrons. The zero-order valence-electron chi connectivity index (χ0n) is 12.8. The maximum Gasteiger partial charge on any atom is 0.416 e. The Morgan fingerprint density at radius 3 is 2.00 bits per heavy atom. The first-order valence-corrected chi connectivity index (χ1v) is 7.11. The Morgan fingerprint density at radius 2 is 1.54 bits per heavy atom. The Labute approximate surface area is 134 Å². The van der Waals surface area contributed by atoms with Crippen molar-refractivity contribution in [2.24, 2.45) is 0 Å². The lowest BCUT2D eigenvalue weighted by molar-refractivity contribution is -0.143. The fourth-order valence-electron chi connectivity index (χ4n) is 2.43. The van der Waals surface area contributed by atoms with E-state index in [1.165, 1.54) is 4.90 Å². The third-order valence-electron chi connectivity index (χ3n) is 3.70. The molecule has 2 atom stereocenters. The highest BCUT2D eigenvalue weighted by molar-refractivity contribution is 5.95.